The summed E-state index contributed by atoms with van der Waals surface area (Å²) >= 11 is 0. The Kier molecular flexibility index (Phi) is 5.04. The number of fused-ring (bicyclic) bond motifs is 1. The molecule has 0 radical (unpaired) electrons. The second-order valence-electron chi connectivity index (χ2n) is 6.97. The second kappa shape index (κ2) is 7.01. The summed E-state index contributed by atoms with van der Waals surface area (Å²) in [5, 5.41) is 0. The summed E-state index contributed by atoms with van der Waals surface area (Å²) < 4.78 is 5.96. The standard InChI is InChI=1S/C19H30N2O/c1-4-22-19-12-17-13-20(3)15(2)10-16(17)11-18(19)14-21-8-6-5-7-9-21/h11-12,15H,4-10,13-14H2,1-3H3. The van der Waals surface area contributed by atoms with E-state index in [0.29, 0.717) is 6.04 Å². The predicted molar refractivity (Wildman–Crippen MR) is 91.4 cm³/mol. The first-order chi connectivity index (χ1) is 10.7. The minimum atomic E-state index is 0.633. The fourth-order valence-electron chi connectivity index (χ4n) is 3.73. The molecular weight excluding hydrogens is 272 g/mol. The topological polar surface area (TPSA) is 15.7 Å². The molecule has 3 rings (SSSR count). The van der Waals surface area contributed by atoms with E-state index in [1.807, 2.05) is 0 Å². The minimum absolute atomic E-state index is 0.633. The third-order valence-corrected chi connectivity index (χ3v) is 5.21. The lowest BCUT2D eigenvalue weighted by Crippen LogP contribution is -2.35. The van der Waals surface area contributed by atoms with Gasteiger partial charge in [0, 0.05) is 24.7 Å². The van der Waals surface area contributed by atoms with Crippen LogP contribution in [0.5, 0.6) is 5.75 Å². The van der Waals surface area contributed by atoms with E-state index in [0.717, 1.165) is 31.9 Å². The van der Waals surface area contributed by atoms with Crippen molar-refractivity contribution in [2.75, 3.05) is 26.7 Å². The first-order valence-corrected chi connectivity index (χ1v) is 8.87. The van der Waals surface area contributed by atoms with Crippen molar-refractivity contribution in [3.8, 4) is 5.75 Å². The van der Waals surface area contributed by atoms with Crippen LogP contribution in [0.3, 0.4) is 0 Å². The summed E-state index contributed by atoms with van der Waals surface area (Å²) in [6.45, 7) is 9.72. The summed E-state index contributed by atoms with van der Waals surface area (Å²) in [4.78, 5) is 5.02. The van der Waals surface area contributed by atoms with Crippen molar-refractivity contribution in [3.63, 3.8) is 0 Å². The maximum Gasteiger partial charge on any atom is 0.124 e. The van der Waals surface area contributed by atoms with E-state index < -0.39 is 0 Å². The van der Waals surface area contributed by atoms with Gasteiger partial charge in [-0.3, -0.25) is 9.80 Å². The first kappa shape index (κ1) is 15.8. The molecule has 1 saturated heterocycles. The highest BCUT2D eigenvalue weighted by Gasteiger charge is 2.22. The molecule has 1 aromatic carbocycles. The van der Waals surface area contributed by atoms with E-state index in [4.69, 9.17) is 4.74 Å². The van der Waals surface area contributed by atoms with Crippen molar-refractivity contribution in [3.05, 3.63) is 28.8 Å². The lowest BCUT2D eigenvalue weighted by atomic mass is 9.92. The van der Waals surface area contributed by atoms with E-state index in [2.05, 4.69) is 42.8 Å². The van der Waals surface area contributed by atoms with Gasteiger partial charge in [0.1, 0.15) is 5.75 Å². The highest BCUT2D eigenvalue weighted by atomic mass is 16.5. The van der Waals surface area contributed by atoms with E-state index >= 15 is 0 Å². The van der Waals surface area contributed by atoms with Gasteiger partial charge in [0.25, 0.3) is 0 Å². The molecule has 0 aliphatic carbocycles. The Bertz CT molecular complexity index is 508. The Hall–Kier alpha value is -1.06. The molecular formula is C19H30N2O. The van der Waals surface area contributed by atoms with Gasteiger partial charge >= 0.3 is 0 Å². The van der Waals surface area contributed by atoms with Crippen LogP contribution in [0.2, 0.25) is 0 Å². The van der Waals surface area contributed by atoms with Crippen LogP contribution in [0.1, 0.15) is 49.8 Å². The van der Waals surface area contributed by atoms with Crippen LogP contribution < -0.4 is 4.74 Å². The number of hydrogen-bond acceptors (Lipinski definition) is 3. The normalized spacial score (nSPS) is 23.3. The average molecular weight is 302 g/mol. The van der Waals surface area contributed by atoms with Gasteiger partial charge in [-0.25, -0.2) is 0 Å². The molecule has 0 saturated carbocycles. The summed E-state index contributed by atoms with van der Waals surface area (Å²) in [7, 11) is 2.22. The van der Waals surface area contributed by atoms with Gasteiger partial charge in [-0.1, -0.05) is 12.5 Å². The molecule has 2 heterocycles. The zero-order chi connectivity index (χ0) is 15.5. The third-order valence-electron chi connectivity index (χ3n) is 5.21. The fourth-order valence-corrected chi connectivity index (χ4v) is 3.73. The number of nitrogens with zero attached hydrogens (tertiary/aromatic N) is 2. The molecule has 2 aliphatic rings. The van der Waals surface area contributed by atoms with Gasteiger partial charge in [-0.05, 0) is 70.4 Å². The van der Waals surface area contributed by atoms with Gasteiger partial charge in [0.2, 0.25) is 0 Å². The quantitative estimate of drug-likeness (QED) is 0.847. The van der Waals surface area contributed by atoms with Gasteiger partial charge < -0.3 is 4.74 Å². The van der Waals surface area contributed by atoms with Crippen LogP contribution in [0.15, 0.2) is 12.1 Å². The lowest BCUT2D eigenvalue weighted by Gasteiger charge is -2.33. The lowest BCUT2D eigenvalue weighted by molar-refractivity contribution is 0.214. The maximum atomic E-state index is 5.96. The van der Waals surface area contributed by atoms with Crippen LogP contribution in [0.25, 0.3) is 0 Å². The van der Waals surface area contributed by atoms with Crippen molar-refractivity contribution < 1.29 is 4.74 Å². The molecule has 0 bridgehead atoms. The second-order valence-corrected chi connectivity index (χ2v) is 6.97. The monoisotopic (exact) mass is 302 g/mol. The fraction of sp³-hybridized carbons (Fsp3) is 0.684. The van der Waals surface area contributed by atoms with E-state index in [-0.39, 0.29) is 0 Å². The van der Waals surface area contributed by atoms with Crippen molar-refractivity contribution in [2.24, 2.45) is 0 Å². The molecule has 3 heteroatoms. The molecule has 22 heavy (non-hydrogen) atoms. The number of ether oxygens (including phenoxy) is 1. The first-order valence-electron chi connectivity index (χ1n) is 8.87. The molecule has 1 atom stereocenters. The highest BCUT2D eigenvalue weighted by Crippen LogP contribution is 2.31. The Labute approximate surface area is 135 Å². The van der Waals surface area contributed by atoms with Crippen LogP contribution in [-0.2, 0) is 19.5 Å². The summed E-state index contributed by atoms with van der Waals surface area (Å²) in [5.74, 6) is 1.11. The SMILES string of the molecule is CCOc1cc2c(cc1CN1CCCCC1)CC(C)N(C)C2. The number of hydrogen-bond donors (Lipinski definition) is 0. The van der Waals surface area contributed by atoms with Crippen molar-refractivity contribution >= 4 is 0 Å². The minimum Gasteiger partial charge on any atom is -0.494 e. The van der Waals surface area contributed by atoms with Gasteiger partial charge in [0.05, 0.1) is 6.61 Å². The Morgan fingerprint density at radius 2 is 1.91 bits per heavy atom. The molecule has 3 nitrogen and oxygen atoms in total. The Morgan fingerprint density at radius 1 is 1.14 bits per heavy atom. The number of rotatable bonds is 4. The largest absolute Gasteiger partial charge is 0.494 e. The molecule has 0 N–H and O–H groups in total. The predicted octanol–water partition coefficient (Wildman–Crippen LogP) is 3.45. The number of piperidine rings is 1. The van der Waals surface area contributed by atoms with Gasteiger partial charge in [-0.2, -0.15) is 0 Å². The van der Waals surface area contributed by atoms with Crippen molar-refractivity contribution in [2.45, 2.75) is 58.7 Å². The zero-order valence-electron chi connectivity index (χ0n) is 14.4. The van der Waals surface area contributed by atoms with Crippen LogP contribution in [0.4, 0.5) is 0 Å². The molecule has 2 aliphatic heterocycles. The molecule has 0 spiro atoms. The zero-order valence-corrected chi connectivity index (χ0v) is 14.4. The molecule has 0 aromatic heterocycles. The summed E-state index contributed by atoms with van der Waals surface area (Å²) in [5.41, 5.74) is 4.37. The Balaban J connectivity index is 1.85. The molecule has 122 valence electrons. The van der Waals surface area contributed by atoms with E-state index in [1.54, 1.807) is 0 Å². The summed E-state index contributed by atoms with van der Waals surface area (Å²) in [6, 6.07) is 5.37. The number of benzene rings is 1. The molecule has 1 aromatic rings. The van der Waals surface area contributed by atoms with Crippen molar-refractivity contribution in [1.29, 1.82) is 0 Å². The molecule has 1 unspecified atom stereocenters. The maximum absolute atomic E-state index is 5.96. The smallest absolute Gasteiger partial charge is 0.124 e. The van der Waals surface area contributed by atoms with Crippen LogP contribution in [0, 0.1) is 0 Å². The van der Waals surface area contributed by atoms with Gasteiger partial charge in [0.15, 0.2) is 0 Å². The highest BCUT2D eigenvalue weighted by molar-refractivity contribution is 5.44. The van der Waals surface area contributed by atoms with E-state index in [1.165, 1.54) is 49.0 Å². The van der Waals surface area contributed by atoms with Crippen LogP contribution in [-0.4, -0.2) is 42.6 Å². The Morgan fingerprint density at radius 3 is 2.64 bits per heavy atom. The van der Waals surface area contributed by atoms with Gasteiger partial charge in [-0.15, -0.1) is 0 Å². The van der Waals surface area contributed by atoms with Crippen molar-refractivity contribution in [1.82, 2.24) is 9.80 Å². The third kappa shape index (κ3) is 3.47. The number of likely N-dealkylation sites (tertiary alicyclic amines) is 1. The summed E-state index contributed by atoms with van der Waals surface area (Å²) in [6.07, 6.45) is 5.24. The molecule has 0 amide bonds. The van der Waals surface area contributed by atoms with E-state index in [9.17, 15) is 0 Å². The average Bonchev–Trinajstić information content (AvgIpc) is 2.51. The molecule has 1 fully saturated rings. The number of likely N-dealkylation sites (N-methyl/N-ethyl adjacent to an activating group) is 1. The van der Waals surface area contributed by atoms with Crippen LogP contribution >= 0.6 is 0 Å².